The van der Waals surface area contributed by atoms with E-state index < -0.39 is 5.97 Å². The van der Waals surface area contributed by atoms with E-state index in [4.69, 9.17) is 9.84 Å². The molecule has 1 unspecified atom stereocenters. The molecule has 1 fully saturated rings. The van der Waals surface area contributed by atoms with Gasteiger partial charge in [0.1, 0.15) is 5.82 Å². The highest BCUT2D eigenvalue weighted by molar-refractivity contribution is 5.85. The summed E-state index contributed by atoms with van der Waals surface area (Å²) in [6.45, 7) is 5.00. The van der Waals surface area contributed by atoms with Gasteiger partial charge in [-0.2, -0.15) is 0 Å². The first kappa shape index (κ1) is 14.7. The van der Waals surface area contributed by atoms with Crippen LogP contribution < -0.4 is 0 Å². The average Bonchev–Trinajstić information content (AvgIpc) is 2.39. The number of ether oxygens (including phenoxy) is 1. The molecule has 108 valence electrons. The molecule has 1 saturated heterocycles. The molecule has 5 heteroatoms. The van der Waals surface area contributed by atoms with Gasteiger partial charge in [0.05, 0.1) is 12.7 Å². The molecular weight excluding hydrogens is 261 g/mol. The van der Waals surface area contributed by atoms with Crippen molar-refractivity contribution in [3.05, 3.63) is 41.2 Å². The minimum atomic E-state index is -1.04. The summed E-state index contributed by atoms with van der Waals surface area (Å²) in [5.74, 6) is -1.41. The summed E-state index contributed by atoms with van der Waals surface area (Å²) in [7, 11) is 0. The zero-order chi connectivity index (χ0) is 14.5. The van der Waals surface area contributed by atoms with Crippen LogP contribution in [0.25, 0.3) is 6.08 Å². The van der Waals surface area contributed by atoms with Crippen LogP contribution in [0.4, 0.5) is 4.39 Å². The summed E-state index contributed by atoms with van der Waals surface area (Å²) >= 11 is 0. The van der Waals surface area contributed by atoms with Crippen LogP contribution in [0.5, 0.6) is 0 Å². The molecule has 0 saturated carbocycles. The summed E-state index contributed by atoms with van der Waals surface area (Å²) in [4.78, 5) is 12.8. The van der Waals surface area contributed by atoms with Gasteiger partial charge in [-0.05, 0) is 36.3 Å². The minimum absolute atomic E-state index is 0.183. The van der Waals surface area contributed by atoms with Gasteiger partial charge in [-0.3, -0.25) is 4.90 Å². The highest BCUT2D eigenvalue weighted by atomic mass is 19.1. The normalized spacial score (nSPS) is 20.4. The van der Waals surface area contributed by atoms with Crippen molar-refractivity contribution < 1.29 is 19.0 Å². The SMILES string of the molecule is CC1CN(Cc2ccc(F)cc2C=CC(=O)O)CCO1. The number of carboxylic acid groups (broad SMARTS) is 1. The molecule has 1 heterocycles. The molecule has 4 nitrogen and oxygen atoms in total. The minimum Gasteiger partial charge on any atom is -0.478 e. The van der Waals surface area contributed by atoms with Crippen LogP contribution in [0.2, 0.25) is 0 Å². The molecule has 1 aromatic carbocycles. The Labute approximate surface area is 117 Å². The number of hydrogen-bond acceptors (Lipinski definition) is 3. The molecule has 1 N–H and O–H groups in total. The van der Waals surface area contributed by atoms with Crippen molar-refractivity contribution in [3.63, 3.8) is 0 Å². The highest BCUT2D eigenvalue weighted by Gasteiger charge is 2.17. The van der Waals surface area contributed by atoms with Crippen LogP contribution >= 0.6 is 0 Å². The number of aliphatic carboxylic acids is 1. The lowest BCUT2D eigenvalue weighted by molar-refractivity contribution is -0.131. The summed E-state index contributed by atoms with van der Waals surface area (Å²) in [5.41, 5.74) is 1.52. The molecule has 1 aliphatic rings. The number of halogens is 1. The lowest BCUT2D eigenvalue weighted by Crippen LogP contribution is -2.40. The summed E-state index contributed by atoms with van der Waals surface area (Å²) in [5, 5.41) is 8.68. The molecule has 0 spiro atoms. The van der Waals surface area contributed by atoms with E-state index in [0.29, 0.717) is 18.7 Å². The number of carbonyl (C=O) groups is 1. The van der Waals surface area contributed by atoms with Crippen LogP contribution in [0.3, 0.4) is 0 Å². The third-order valence-electron chi connectivity index (χ3n) is 3.23. The van der Waals surface area contributed by atoms with Gasteiger partial charge in [-0.1, -0.05) is 6.07 Å². The van der Waals surface area contributed by atoms with Crippen LogP contribution in [-0.2, 0) is 16.1 Å². The van der Waals surface area contributed by atoms with Crippen LogP contribution in [-0.4, -0.2) is 41.8 Å². The van der Waals surface area contributed by atoms with Gasteiger partial charge in [-0.25, -0.2) is 9.18 Å². The standard InChI is InChI=1S/C15H18FNO3/c1-11-9-17(6-7-20-11)10-13-2-4-14(16)8-12(13)3-5-15(18)19/h2-5,8,11H,6-7,9-10H2,1H3,(H,18,19). The van der Waals surface area contributed by atoms with Crippen LogP contribution in [0.1, 0.15) is 18.1 Å². The number of morpholine rings is 1. The Morgan fingerprint density at radius 1 is 1.60 bits per heavy atom. The van der Waals surface area contributed by atoms with Crippen molar-refractivity contribution in [3.8, 4) is 0 Å². The van der Waals surface area contributed by atoms with Crippen molar-refractivity contribution in [1.29, 1.82) is 0 Å². The zero-order valence-electron chi connectivity index (χ0n) is 11.4. The Morgan fingerprint density at radius 2 is 2.40 bits per heavy atom. The molecule has 0 amide bonds. The predicted molar refractivity (Wildman–Crippen MR) is 73.8 cm³/mol. The predicted octanol–water partition coefficient (Wildman–Crippen LogP) is 2.14. The second-order valence-corrected chi connectivity index (χ2v) is 4.93. The number of nitrogens with zero attached hydrogens (tertiary/aromatic N) is 1. The van der Waals surface area contributed by atoms with Crippen molar-refractivity contribution in [2.75, 3.05) is 19.7 Å². The summed E-state index contributed by atoms with van der Waals surface area (Å²) in [6.07, 6.45) is 2.65. The van der Waals surface area contributed by atoms with Crippen LogP contribution in [0.15, 0.2) is 24.3 Å². The van der Waals surface area contributed by atoms with E-state index >= 15 is 0 Å². The maximum atomic E-state index is 13.3. The first-order chi connectivity index (χ1) is 9.54. The smallest absolute Gasteiger partial charge is 0.328 e. The van der Waals surface area contributed by atoms with E-state index in [2.05, 4.69) is 4.90 Å². The van der Waals surface area contributed by atoms with Gasteiger partial charge in [0.15, 0.2) is 0 Å². The number of rotatable bonds is 4. The Kier molecular flexibility index (Phi) is 4.87. The van der Waals surface area contributed by atoms with E-state index in [0.717, 1.165) is 24.7 Å². The summed E-state index contributed by atoms with van der Waals surface area (Å²) < 4.78 is 18.8. The van der Waals surface area contributed by atoms with Crippen LogP contribution in [0, 0.1) is 5.82 Å². The fraction of sp³-hybridized carbons (Fsp3) is 0.400. The third-order valence-corrected chi connectivity index (χ3v) is 3.23. The maximum absolute atomic E-state index is 13.3. The average molecular weight is 279 g/mol. The van der Waals surface area contributed by atoms with Gasteiger partial charge in [0.25, 0.3) is 0 Å². The lowest BCUT2D eigenvalue weighted by Gasteiger charge is -2.31. The first-order valence-electron chi connectivity index (χ1n) is 6.58. The van der Waals surface area contributed by atoms with E-state index in [1.54, 1.807) is 6.07 Å². The second kappa shape index (κ2) is 6.63. The summed E-state index contributed by atoms with van der Waals surface area (Å²) in [6, 6.07) is 4.47. The fourth-order valence-corrected chi connectivity index (χ4v) is 2.30. The van der Waals surface area contributed by atoms with Crippen molar-refractivity contribution in [1.82, 2.24) is 4.90 Å². The number of benzene rings is 1. The topological polar surface area (TPSA) is 49.8 Å². The van der Waals surface area contributed by atoms with Gasteiger partial charge in [0.2, 0.25) is 0 Å². The Morgan fingerprint density at radius 3 is 3.10 bits per heavy atom. The first-order valence-corrected chi connectivity index (χ1v) is 6.58. The molecule has 0 radical (unpaired) electrons. The molecule has 0 bridgehead atoms. The van der Waals surface area contributed by atoms with Gasteiger partial charge in [0, 0.05) is 25.7 Å². The Bertz CT molecular complexity index is 516. The molecule has 2 rings (SSSR count). The maximum Gasteiger partial charge on any atom is 0.328 e. The molecule has 1 aliphatic heterocycles. The molecule has 0 aliphatic carbocycles. The third kappa shape index (κ3) is 4.15. The monoisotopic (exact) mass is 279 g/mol. The fourth-order valence-electron chi connectivity index (χ4n) is 2.30. The molecule has 0 aromatic heterocycles. The number of hydrogen-bond donors (Lipinski definition) is 1. The molecule has 1 aromatic rings. The quantitative estimate of drug-likeness (QED) is 0.858. The molecule has 20 heavy (non-hydrogen) atoms. The second-order valence-electron chi connectivity index (χ2n) is 4.93. The van der Waals surface area contributed by atoms with Crippen molar-refractivity contribution in [2.24, 2.45) is 0 Å². The lowest BCUT2D eigenvalue weighted by atomic mass is 10.1. The zero-order valence-corrected chi connectivity index (χ0v) is 11.4. The number of carboxylic acids is 1. The van der Waals surface area contributed by atoms with Gasteiger partial charge < -0.3 is 9.84 Å². The Hall–Kier alpha value is -1.72. The van der Waals surface area contributed by atoms with Crippen molar-refractivity contribution in [2.45, 2.75) is 19.6 Å². The van der Waals surface area contributed by atoms with Gasteiger partial charge in [-0.15, -0.1) is 0 Å². The van der Waals surface area contributed by atoms with E-state index in [1.165, 1.54) is 18.2 Å². The largest absolute Gasteiger partial charge is 0.478 e. The highest BCUT2D eigenvalue weighted by Crippen LogP contribution is 2.17. The van der Waals surface area contributed by atoms with Gasteiger partial charge >= 0.3 is 5.97 Å². The molecular formula is C15H18FNO3. The Balaban J connectivity index is 2.15. The van der Waals surface area contributed by atoms with E-state index in [-0.39, 0.29) is 11.9 Å². The van der Waals surface area contributed by atoms with E-state index in [1.807, 2.05) is 6.92 Å². The van der Waals surface area contributed by atoms with Crippen molar-refractivity contribution >= 4 is 12.0 Å². The van der Waals surface area contributed by atoms with E-state index in [9.17, 15) is 9.18 Å². The molecule has 1 atom stereocenters.